The van der Waals surface area contributed by atoms with Gasteiger partial charge in [-0.1, -0.05) is 15.9 Å². The summed E-state index contributed by atoms with van der Waals surface area (Å²) in [5, 5.41) is 0. The SMILES string of the molecule is Cc1cc(Br)ccc1Oc1cc(F)cc(F)c1N. The second-order valence-electron chi connectivity index (χ2n) is 3.81. The van der Waals surface area contributed by atoms with E-state index in [1.54, 1.807) is 12.1 Å². The van der Waals surface area contributed by atoms with Gasteiger partial charge in [0.1, 0.15) is 17.3 Å². The van der Waals surface area contributed by atoms with E-state index in [1.165, 1.54) is 0 Å². The molecular weight excluding hydrogens is 304 g/mol. The molecule has 0 spiro atoms. The van der Waals surface area contributed by atoms with Crippen LogP contribution >= 0.6 is 15.9 Å². The standard InChI is InChI=1S/C13H10BrF2NO/c1-7-4-8(14)2-3-11(7)18-12-6-9(15)5-10(16)13(12)17/h2-6H,17H2,1H3. The van der Waals surface area contributed by atoms with Gasteiger partial charge in [-0.25, -0.2) is 8.78 Å². The fourth-order valence-electron chi connectivity index (χ4n) is 1.49. The van der Waals surface area contributed by atoms with Crippen LogP contribution in [0.3, 0.4) is 0 Å². The van der Waals surface area contributed by atoms with Gasteiger partial charge in [-0.3, -0.25) is 0 Å². The van der Waals surface area contributed by atoms with E-state index in [0.717, 1.165) is 22.2 Å². The van der Waals surface area contributed by atoms with Crippen molar-refractivity contribution in [3.05, 3.63) is 52.0 Å². The molecule has 0 heterocycles. The van der Waals surface area contributed by atoms with Crippen LogP contribution in [-0.2, 0) is 0 Å². The van der Waals surface area contributed by atoms with Crippen molar-refractivity contribution in [2.45, 2.75) is 6.92 Å². The summed E-state index contributed by atoms with van der Waals surface area (Å²) < 4.78 is 32.7. The number of ether oxygens (including phenoxy) is 1. The van der Waals surface area contributed by atoms with E-state index in [-0.39, 0.29) is 11.4 Å². The summed E-state index contributed by atoms with van der Waals surface area (Å²) in [6, 6.07) is 7.08. The normalized spacial score (nSPS) is 10.4. The van der Waals surface area contributed by atoms with Crippen molar-refractivity contribution in [2.75, 3.05) is 5.73 Å². The van der Waals surface area contributed by atoms with Gasteiger partial charge in [-0.2, -0.15) is 0 Å². The molecule has 18 heavy (non-hydrogen) atoms. The number of hydrogen-bond donors (Lipinski definition) is 1. The number of aryl methyl sites for hydroxylation is 1. The molecule has 0 aliphatic rings. The molecule has 0 aliphatic heterocycles. The number of nitrogen functional groups attached to an aromatic ring is 1. The highest BCUT2D eigenvalue weighted by molar-refractivity contribution is 9.10. The molecule has 0 aliphatic carbocycles. The predicted octanol–water partition coefficient (Wildman–Crippen LogP) is 4.41. The molecule has 2 N–H and O–H groups in total. The van der Waals surface area contributed by atoms with Gasteiger partial charge in [0, 0.05) is 16.6 Å². The number of hydrogen-bond acceptors (Lipinski definition) is 2. The van der Waals surface area contributed by atoms with Crippen molar-refractivity contribution in [3.63, 3.8) is 0 Å². The molecule has 0 aromatic heterocycles. The minimum Gasteiger partial charge on any atom is -0.455 e. The van der Waals surface area contributed by atoms with E-state index in [2.05, 4.69) is 15.9 Å². The Bertz CT molecular complexity index is 602. The van der Waals surface area contributed by atoms with E-state index in [4.69, 9.17) is 10.5 Å². The van der Waals surface area contributed by atoms with Crippen LogP contribution in [0.25, 0.3) is 0 Å². The van der Waals surface area contributed by atoms with E-state index in [0.29, 0.717) is 5.75 Å². The molecule has 2 nitrogen and oxygen atoms in total. The predicted molar refractivity (Wildman–Crippen MR) is 69.7 cm³/mol. The van der Waals surface area contributed by atoms with Crippen LogP contribution in [0.4, 0.5) is 14.5 Å². The fourth-order valence-corrected chi connectivity index (χ4v) is 1.97. The lowest BCUT2D eigenvalue weighted by atomic mass is 10.2. The van der Waals surface area contributed by atoms with Crippen LogP contribution in [0.15, 0.2) is 34.8 Å². The Kier molecular flexibility index (Phi) is 3.52. The lowest BCUT2D eigenvalue weighted by molar-refractivity contribution is 0.468. The summed E-state index contributed by atoms with van der Waals surface area (Å²) >= 11 is 3.32. The zero-order valence-corrected chi connectivity index (χ0v) is 11.1. The summed E-state index contributed by atoms with van der Waals surface area (Å²) in [4.78, 5) is 0. The van der Waals surface area contributed by atoms with E-state index >= 15 is 0 Å². The Morgan fingerprint density at radius 1 is 1.11 bits per heavy atom. The zero-order valence-electron chi connectivity index (χ0n) is 9.51. The fraction of sp³-hybridized carbons (Fsp3) is 0.0769. The maximum atomic E-state index is 13.3. The maximum absolute atomic E-state index is 13.3. The number of benzene rings is 2. The van der Waals surface area contributed by atoms with Crippen molar-refractivity contribution >= 4 is 21.6 Å². The van der Waals surface area contributed by atoms with E-state index in [1.807, 2.05) is 13.0 Å². The van der Waals surface area contributed by atoms with Gasteiger partial charge < -0.3 is 10.5 Å². The van der Waals surface area contributed by atoms with Gasteiger partial charge >= 0.3 is 0 Å². The van der Waals surface area contributed by atoms with Crippen LogP contribution < -0.4 is 10.5 Å². The van der Waals surface area contributed by atoms with Crippen molar-refractivity contribution < 1.29 is 13.5 Å². The molecule has 0 atom stereocenters. The Morgan fingerprint density at radius 2 is 1.83 bits per heavy atom. The molecule has 0 radical (unpaired) electrons. The minimum atomic E-state index is -0.834. The van der Waals surface area contributed by atoms with Gasteiger partial charge in [0.15, 0.2) is 11.6 Å². The number of anilines is 1. The molecule has 0 fully saturated rings. The summed E-state index contributed by atoms with van der Waals surface area (Å²) in [7, 11) is 0. The molecule has 2 aromatic rings. The van der Waals surface area contributed by atoms with Crippen molar-refractivity contribution in [2.24, 2.45) is 0 Å². The Labute approximate surface area is 112 Å². The highest BCUT2D eigenvalue weighted by Gasteiger charge is 2.11. The first-order valence-corrected chi connectivity index (χ1v) is 5.95. The molecule has 0 saturated heterocycles. The van der Waals surface area contributed by atoms with Crippen molar-refractivity contribution in [1.82, 2.24) is 0 Å². The average molecular weight is 314 g/mol. The highest BCUT2D eigenvalue weighted by Crippen LogP contribution is 2.32. The first-order chi connectivity index (χ1) is 8.47. The third kappa shape index (κ3) is 2.61. The van der Waals surface area contributed by atoms with Crippen LogP contribution in [0.1, 0.15) is 5.56 Å². The van der Waals surface area contributed by atoms with Gasteiger partial charge in [-0.05, 0) is 30.7 Å². The van der Waals surface area contributed by atoms with Crippen molar-refractivity contribution in [1.29, 1.82) is 0 Å². The van der Waals surface area contributed by atoms with Crippen molar-refractivity contribution in [3.8, 4) is 11.5 Å². The topological polar surface area (TPSA) is 35.2 Å². The molecular formula is C13H10BrF2NO. The molecule has 94 valence electrons. The molecule has 2 rings (SSSR count). The minimum absolute atomic E-state index is 0.0297. The Morgan fingerprint density at radius 3 is 2.50 bits per heavy atom. The number of rotatable bonds is 2. The summed E-state index contributed by atoms with van der Waals surface area (Å²) in [5.41, 5.74) is 6.12. The molecule has 0 amide bonds. The Balaban J connectivity index is 2.40. The number of halogens is 3. The van der Waals surface area contributed by atoms with Gasteiger partial charge in [0.05, 0.1) is 0 Å². The van der Waals surface area contributed by atoms with E-state index in [9.17, 15) is 8.78 Å². The third-order valence-corrected chi connectivity index (χ3v) is 2.91. The number of nitrogens with two attached hydrogens (primary N) is 1. The smallest absolute Gasteiger partial charge is 0.156 e. The molecule has 0 saturated carbocycles. The first-order valence-electron chi connectivity index (χ1n) is 5.16. The molecule has 0 bridgehead atoms. The summed E-state index contributed by atoms with van der Waals surface area (Å²) in [5.74, 6) is -1.10. The summed E-state index contributed by atoms with van der Waals surface area (Å²) in [6.45, 7) is 1.83. The van der Waals surface area contributed by atoms with E-state index < -0.39 is 11.6 Å². The Hall–Kier alpha value is -1.62. The average Bonchev–Trinajstić information content (AvgIpc) is 2.29. The largest absolute Gasteiger partial charge is 0.455 e. The van der Waals surface area contributed by atoms with Crippen LogP contribution in [0.5, 0.6) is 11.5 Å². The van der Waals surface area contributed by atoms with Gasteiger partial charge in [0.25, 0.3) is 0 Å². The van der Waals surface area contributed by atoms with Crippen LogP contribution in [0.2, 0.25) is 0 Å². The zero-order chi connectivity index (χ0) is 13.3. The molecule has 0 unspecified atom stereocenters. The van der Waals surface area contributed by atoms with Crippen LogP contribution in [-0.4, -0.2) is 0 Å². The summed E-state index contributed by atoms with van der Waals surface area (Å²) in [6.07, 6.45) is 0. The quantitative estimate of drug-likeness (QED) is 0.833. The lowest BCUT2D eigenvalue weighted by Crippen LogP contribution is -1.97. The van der Waals surface area contributed by atoms with Gasteiger partial charge in [-0.15, -0.1) is 0 Å². The first kappa shape index (κ1) is 12.8. The second-order valence-corrected chi connectivity index (χ2v) is 4.73. The van der Waals surface area contributed by atoms with Gasteiger partial charge in [0.2, 0.25) is 0 Å². The molecule has 5 heteroatoms. The third-order valence-electron chi connectivity index (χ3n) is 2.41. The monoisotopic (exact) mass is 313 g/mol. The second kappa shape index (κ2) is 4.94. The lowest BCUT2D eigenvalue weighted by Gasteiger charge is -2.11. The molecule has 2 aromatic carbocycles. The highest BCUT2D eigenvalue weighted by atomic mass is 79.9. The maximum Gasteiger partial charge on any atom is 0.156 e. The van der Waals surface area contributed by atoms with Crippen LogP contribution in [0, 0.1) is 18.6 Å².